The van der Waals surface area contributed by atoms with Crippen LogP contribution in [0, 0.1) is 13.8 Å². The van der Waals surface area contributed by atoms with E-state index in [9.17, 15) is 4.79 Å². The first-order chi connectivity index (χ1) is 10.8. The molecule has 23 heavy (non-hydrogen) atoms. The summed E-state index contributed by atoms with van der Waals surface area (Å²) in [6.45, 7) is 10.1. The summed E-state index contributed by atoms with van der Waals surface area (Å²) in [5.41, 5.74) is 2.83. The zero-order valence-electron chi connectivity index (χ0n) is 14.3. The maximum Gasteiger partial charge on any atom is 0.344 e. The summed E-state index contributed by atoms with van der Waals surface area (Å²) in [5.74, 6) is 0.881. The van der Waals surface area contributed by atoms with Gasteiger partial charge in [-0.25, -0.2) is 4.79 Å². The Bertz CT molecular complexity index is 646. The quantitative estimate of drug-likeness (QED) is 0.787. The van der Waals surface area contributed by atoms with Crippen molar-refractivity contribution in [3.05, 3.63) is 46.8 Å². The van der Waals surface area contributed by atoms with E-state index in [1.54, 1.807) is 6.92 Å². The van der Waals surface area contributed by atoms with E-state index in [1.165, 1.54) is 5.56 Å². The third-order valence-corrected chi connectivity index (χ3v) is 3.64. The molecule has 2 rings (SSSR count). The van der Waals surface area contributed by atoms with Crippen LogP contribution in [0.4, 0.5) is 0 Å². The molecule has 0 N–H and O–H groups in total. The van der Waals surface area contributed by atoms with Crippen LogP contribution >= 0.6 is 0 Å². The molecule has 0 aliphatic heterocycles. The fourth-order valence-corrected chi connectivity index (χ4v) is 2.10. The Kier molecular flexibility index (Phi) is 5.08. The predicted molar refractivity (Wildman–Crippen MR) is 86.4 cm³/mol. The summed E-state index contributed by atoms with van der Waals surface area (Å²) in [4.78, 5) is 11.8. The molecule has 0 fully saturated rings. The molecule has 0 saturated heterocycles. The predicted octanol–water partition coefficient (Wildman–Crippen LogP) is 3.71. The molecule has 0 aliphatic carbocycles. The van der Waals surface area contributed by atoms with Crippen molar-refractivity contribution in [2.24, 2.45) is 0 Å². The molecule has 0 aliphatic rings. The number of hydrogen-bond acceptors (Lipinski definition) is 5. The molecule has 0 atom stereocenters. The number of nitrogens with zero attached hydrogens (tertiary/aromatic N) is 1. The van der Waals surface area contributed by atoms with Gasteiger partial charge in [0.15, 0.2) is 6.61 Å². The molecule has 0 saturated carbocycles. The van der Waals surface area contributed by atoms with Crippen LogP contribution in [-0.4, -0.2) is 17.7 Å². The highest BCUT2D eigenvalue weighted by molar-refractivity contribution is 5.71. The first-order valence-corrected chi connectivity index (χ1v) is 7.58. The second kappa shape index (κ2) is 6.86. The Labute approximate surface area is 136 Å². The number of aromatic nitrogens is 1. The lowest BCUT2D eigenvalue weighted by atomic mass is 9.87. The summed E-state index contributed by atoms with van der Waals surface area (Å²) in [6.07, 6.45) is 0. The van der Waals surface area contributed by atoms with Crippen LogP contribution in [-0.2, 0) is 21.6 Å². The van der Waals surface area contributed by atoms with Crippen LogP contribution in [0.2, 0.25) is 0 Å². The number of ether oxygens (including phenoxy) is 2. The minimum absolute atomic E-state index is 0.0891. The number of aryl methyl sites for hydroxylation is 2. The average molecular weight is 317 g/mol. The van der Waals surface area contributed by atoms with Crippen molar-refractivity contribution in [1.82, 2.24) is 5.16 Å². The molecule has 1 heterocycles. The first kappa shape index (κ1) is 17.1. The highest BCUT2D eigenvalue weighted by Gasteiger charge is 2.14. The molecule has 0 bridgehead atoms. The Morgan fingerprint density at radius 3 is 2.35 bits per heavy atom. The molecule has 0 radical (unpaired) electrons. The van der Waals surface area contributed by atoms with Gasteiger partial charge in [-0.2, -0.15) is 0 Å². The number of carbonyl (C=O) groups is 1. The number of benzene rings is 1. The smallest absolute Gasteiger partial charge is 0.344 e. The second-order valence-corrected chi connectivity index (χ2v) is 6.53. The lowest BCUT2D eigenvalue weighted by Gasteiger charge is -2.19. The van der Waals surface area contributed by atoms with E-state index in [0.29, 0.717) is 11.5 Å². The van der Waals surface area contributed by atoms with Gasteiger partial charge < -0.3 is 14.0 Å². The number of rotatable bonds is 5. The van der Waals surface area contributed by atoms with Crippen LogP contribution in [0.5, 0.6) is 5.75 Å². The Balaban J connectivity index is 1.83. The standard InChI is InChI=1S/C18H23NO4/c1-12-16(13(2)23-19-12)10-22-17(20)11-21-15-8-6-14(7-9-15)18(3,4)5/h6-9H,10-11H2,1-5H3. The fourth-order valence-electron chi connectivity index (χ4n) is 2.10. The average Bonchev–Trinajstić information content (AvgIpc) is 2.81. The van der Waals surface area contributed by atoms with Gasteiger partial charge in [-0.1, -0.05) is 38.1 Å². The van der Waals surface area contributed by atoms with Crippen molar-refractivity contribution >= 4 is 5.97 Å². The summed E-state index contributed by atoms with van der Waals surface area (Å²) in [5, 5.41) is 3.82. The highest BCUT2D eigenvalue weighted by atomic mass is 16.6. The molecule has 5 nitrogen and oxygen atoms in total. The van der Waals surface area contributed by atoms with Gasteiger partial charge in [-0.15, -0.1) is 0 Å². The van der Waals surface area contributed by atoms with Gasteiger partial charge >= 0.3 is 5.97 Å². The highest BCUT2D eigenvalue weighted by Crippen LogP contribution is 2.24. The van der Waals surface area contributed by atoms with Crippen molar-refractivity contribution in [3.8, 4) is 5.75 Å². The fraction of sp³-hybridized carbons (Fsp3) is 0.444. The summed E-state index contributed by atoms with van der Waals surface area (Å²) in [7, 11) is 0. The third kappa shape index (κ3) is 4.58. The molecule has 124 valence electrons. The maximum atomic E-state index is 11.8. The van der Waals surface area contributed by atoms with Crippen LogP contribution in [0.1, 0.15) is 43.4 Å². The Hall–Kier alpha value is -2.30. The SMILES string of the molecule is Cc1noc(C)c1COC(=O)COc1ccc(C(C)(C)C)cc1. The van der Waals surface area contributed by atoms with E-state index < -0.39 is 5.97 Å². The van der Waals surface area contributed by atoms with Gasteiger partial charge in [0, 0.05) is 0 Å². The molecule has 0 amide bonds. The monoisotopic (exact) mass is 317 g/mol. The molecule has 0 spiro atoms. The van der Waals surface area contributed by atoms with Crippen molar-refractivity contribution in [3.63, 3.8) is 0 Å². The lowest BCUT2D eigenvalue weighted by Crippen LogP contribution is -2.15. The summed E-state index contributed by atoms with van der Waals surface area (Å²) < 4.78 is 15.7. The van der Waals surface area contributed by atoms with E-state index in [1.807, 2.05) is 31.2 Å². The molecular formula is C18H23NO4. The minimum Gasteiger partial charge on any atom is -0.482 e. The van der Waals surface area contributed by atoms with Gasteiger partial charge in [0.25, 0.3) is 0 Å². The van der Waals surface area contributed by atoms with Gasteiger partial charge in [0.2, 0.25) is 0 Å². The zero-order chi connectivity index (χ0) is 17.0. The van der Waals surface area contributed by atoms with Crippen LogP contribution < -0.4 is 4.74 Å². The summed E-state index contributed by atoms with van der Waals surface area (Å²) >= 11 is 0. The van der Waals surface area contributed by atoms with Crippen molar-refractivity contribution in [2.45, 2.75) is 46.6 Å². The third-order valence-electron chi connectivity index (χ3n) is 3.64. The van der Waals surface area contributed by atoms with Crippen molar-refractivity contribution in [1.29, 1.82) is 0 Å². The lowest BCUT2D eigenvalue weighted by molar-refractivity contribution is -0.147. The van der Waals surface area contributed by atoms with Gasteiger partial charge in [-0.3, -0.25) is 0 Å². The van der Waals surface area contributed by atoms with E-state index >= 15 is 0 Å². The van der Waals surface area contributed by atoms with Crippen molar-refractivity contribution in [2.75, 3.05) is 6.61 Å². The summed E-state index contributed by atoms with van der Waals surface area (Å²) in [6, 6.07) is 7.74. The normalized spacial score (nSPS) is 11.3. The minimum atomic E-state index is -0.426. The largest absolute Gasteiger partial charge is 0.482 e. The molecule has 0 unspecified atom stereocenters. The van der Waals surface area contributed by atoms with Crippen LogP contribution in [0.15, 0.2) is 28.8 Å². The van der Waals surface area contributed by atoms with Gasteiger partial charge in [0.05, 0.1) is 11.3 Å². The van der Waals surface area contributed by atoms with Gasteiger partial charge in [0.1, 0.15) is 18.1 Å². The number of hydrogen-bond donors (Lipinski definition) is 0. The molecule has 1 aromatic heterocycles. The first-order valence-electron chi connectivity index (χ1n) is 7.58. The van der Waals surface area contributed by atoms with E-state index in [-0.39, 0.29) is 18.6 Å². The zero-order valence-corrected chi connectivity index (χ0v) is 14.3. The van der Waals surface area contributed by atoms with Gasteiger partial charge in [-0.05, 0) is 37.0 Å². The van der Waals surface area contributed by atoms with Crippen molar-refractivity contribution < 1.29 is 18.8 Å². The number of carbonyl (C=O) groups excluding carboxylic acids is 1. The number of esters is 1. The van der Waals surface area contributed by atoms with Crippen LogP contribution in [0.25, 0.3) is 0 Å². The molecule has 5 heteroatoms. The van der Waals surface area contributed by atoms with E-state index in [2.05, 4.69) is 25.9 Å². The molecule has 2 aromatic rings. The Morgan fingerprint density at radius 1 is 1.17 bits per heavy atom. The molecule has 1 aromatic carbocycles. The Morgan fingerprint density at radius 2 is 1.83 bits per heavy atom. The van der Waals surface area contributed by atoms with Crippen LogP contribution in [0.3, 0.4) is 0 Å². The van der Waals surface area contributed by atoms with E-state index in [4.69, 9.17) is 14.0 Å². The van der Waals surface area contributed by atoms with E-state index in [0.717, 1.165) is 11.3 Å². The second-order valence-electron chi connectivity index (χ2n) is 6.53. The molecular weight excluding hydrogens is 294 g/mol. The maximum absolute atomic E-state index is 11.8. The topological polar surface area (TPSA) is 61.6 Å².